The third-order valence-corrected chi connectivity index (χ3v) is 10.4. The second kappa shape index (κ2) is 15.6. The number of fused-ring (bicyclic) bond motifs is 2. The average molecular weight is 751 g/mol. The highest BCUT2D eigenvalue weighted by Crippen LogP contribution is 2.39. The molecule has 15 nitrogen and oxygen atoms in total. The van der Waals surface area contributed by atoms with Crippen molar-refractivity contribution in [1.82, 2.24) is 39.2 Å². The molecule has 1 aliphatic heterocycles. The Labute approximate surface area is 320 Å². The van der Waals surface area contributed by atoms with Crippen LogP contribution in [0, 0.1) is 0 Å². The zero-order valence-electron chi connectivity index (χ0n) is 32.4. The summed E-state index contributed by atoms with van der Waals surface area (Å²) in [6.45, 7) is 10.5. The summed E-state index contributed by atoms with van der Waals surface area (Å²) in [6, 6.07) is 15.9. The van der Waals surface area contributed by atoms with Crippen LogP contribution in [0.2, 0.25) is 0 Å². The van der Waals surface area contributed by atoms with Crippen molar-refractivity contribution < 1.29 is 19.2 Å². The zero-order chi connectivity index (χ0) is 38.9. The van der Waals surface area contributed by atoms with Gasteiger partial charge in [-0.3, -0.25) is 14.0 Å². The van der Waals surface area contributed by atoms with Gasteiger partial charge in [-0.05, 0) is 82.4 Å². The maximum absolute atomic E-state index is 14.2. The van der Waals surface area contributed by atoms with Gasteiger partial charge >= 0.3 is 12.5 Å². The fourth-order valence-corrected chi connectivity index (χ4v) is 7.36. The van der Waals surface area contributed by atoms with E-state index in [4.69, 9.17) is 14.7 Å². The van der Waals surface area contributed by atoms with Gasteiger partial charge in [0.2, 0.25) is 5.95 Å². The highest BCUT2D eigenvalue weighted by molar-refractivity contribution is 5.90. The molecule has 1 fully saturated rings. The Hall–Kier alpha value is -5.70. The van der Waals surface area contributed by atoms with Gasteiger partial charge in [0.15, 0.2) is 11.5 Å². The molecule has 1 aliphatic carbocycles. The van der Waals surface area contributed by atoms with Gasteiger partial charge in [-0.2, -0.15) is 5.10 Å². The van der Waals surface area contributed by atoms with Crippen LogP contribution in [0.15, 0.2) is 71.8 Å². The molecule has 0 spiro atoms. The molecule has 1 aromatic carbocycles. The van der Waals surface area contributed by atoms with Crippen molar-refractivity contribution in [2.75, 3.05) is 37.1 Å². The second-order valence-electron chi connectivity index (χ2n) is 15.7. The van der Waals surface area contributed by atoms with Gasteiger partial charge in [0.05, 0.1) is 23.6 Å². The summed E-state index contributed by atoms with van der Waals surface area (Å²) in [4.78, 5) is 48.9. The monoisotopic (exact) mass is 750 g/mol. The standard InChI is InChI=1S/C40H50N10O5/c1-27-11-9-10-19-47(27)38-43-42-35-17-14-29(25-48(35)38)55-33-16-15-32(30-12-7-8-13-31(30)33)41-39(53)50(54-26-51)36-24-34(40(2,3)4)44-49(36)28-18-20-46(37(52)23-28)22-21-45(5)6/h7-8,12-14,17-18,20,23-27,32-33H,9-11,15-16,19,21-22H2,1-6H3,(H,41,53)/t27-,32-,33+/m0/s1. The number of benzene rings is 1. The smallest absolute Gasteiger partial charge is 0.357 e. The number of nitrogens with zero attached hydrogens (tertiary/aromatic N) is 9. The predicted octanol–water partition coefficient (Wildman–Crippen LogP) is 5.57. The number of piperidine rings is 1. The van der Waals surface area contributed by atoms with E-state index in [1.165, 1.54) is 17.2 Å². The van der Waals surface area contributed by atoms with Crippen molar-refractivity contribution in [2.24, 2.45) is 0 Å². The molecule has 4 aromatic heterocycles. The minimum Gasteiger partial charge on any atom is -0.484 e. The summed E-state index contributed by atoms with van der Waals surface area (Å²) >= 11 is 0. The van der Waals surface area contributed by atoms with E-state index in [9.17, 15) is 14.4 Å². The number of amides is 2. The summed E-state index contributed by atoms with van der Waals surface area (Å²) in [5.74, 6) is 1.69. The normalized spacial score (nSPS) is 18.6. The van der Waals surface area contributed by atoms with Crippen molar-refractivity contribution >= 4 is 29.9 Å². The van der Waals surface area contributed by atoms with E-state index in [1.54, 1.807) is 22.9 Å². The van der Waals surface area contributed by atoms with E-state index in [-0.39, 0.29) is 24.0 Å². The second-order valence-corrected chi connectivity index (χ2v) is 15.7. The summed E-state index contributed by atoms with van der Waals surface area (Å²) in [5.41, 5.74) is 3.02. The fourth-order valence-electron chi connectivity index (χ4n) is 7.36. The first-order valence-electron chi connectivity index (χ1n) is 19.0. The van der Waals surface area contributed by atoms with Crippen molar-refractivity contribution in [1.29, 1.82) is 0 Å². The molecule has 290 valence electrons. The van der Waals surface area contributed by atoms with Crippen LogP contribution < -0.4 is 25.6 Å². The number of anilines is 2. The molecule has 0 radical (unpaired) electrons. The molecule has 55 heavy (non-hydrogen) atoms. The van der Waals surface area contributed by atoms with Gasteiger partial charge in [0.25, 0.3) is 5.56 Å². The highest BCUT2D eigenvalue weighted by atomic mass is 16.7. The summed E-state index contributed by atoms with van der Waals surface area (Å²) < 4.78 is 11.7. The Morgan fingerprint density at radius 3 is 2.55 bits per heavy atom. The maximum atomic E-state index is 14.2. The van der Waals surface area contributed by atoms with Crippen LogP contribution in [0.5, 0.6) is 5.75 Å². The number of aromatic nitrogens is 6. The number of ether oxygens (including phenoxy) is 1. The summed E-state index contributed by atoms with van der Waals surface area (Å²) in [5, 5.41) is 17.7. The molecule has 5 aromatic rings. The van der Waals surface area contributed by atoms with Crippen molar-refractivity contribution in [3.05, 3.63) is 94.2 Å². The molecule has 5 heterocycles. The Morgan fingerprint density at radius 1 is 1.02 bits per heavy atom. The molecule has 7 rings (SSSR count). The Morgan fingerprint density at radius 2 is 1.82 bits per heavy atom. The topological polar surface area (TPSA) is 144 Å². The average Bonchev–Trinajstić information content (AvgIpc) is 3.80. The number of likely N-dealkylation sites (N-methyl/N-ethyl adjacent to an activating group) is 1. The van der Waals surface area contributed by atoms with Gasteiger partial charge in [0.1, 0.15) is 11.9 Å². The minimum atomic E-state index is -0.662. The Balaban J connectivity index is 1.14. The van der Waals surface area contributed by atoms with Crippen molar-refractivity contribution in [3.63, 3.8) is 0 Å². The lowest BCUT2D eigenvalue weighted by Gasteiger charge is -2.34. The number of urea groups is 1. The maximum Gasteiger partial charge on any atom is 0.357 e. The molecule has 0 saturated carbocycles. The SMILES string of the molecule is C[C@H]1CCCCN1c1nnc2ccc(O[C@@H]3CC[C@H](NC(=O)N(OC=O)c4cc(C(C)(C)C)nn4-c4ccn(CCN(C)C)c(=O)c4)c4ccccc43)cn12. The quantitative estimate of drug-likeness (QED) is 0.134. The first kappa shape index (κ1) is 37.6. The number of pyridine rings is 2. The van der Waals surface area contributed by atoms with Gasteiger partial charge in [0, 0.05) is 49.4 Å². The number of carbonyl (C=O) groups is 2. The van der Waals surface area contributed by atoms with E-state index < -0.39 is 17.5 Å². The van der Waals surface area contributed by atoms with Crippen LogP contribution in [0.25, 0.3) is 11.3 Å². The molecule has 2 aliphatic rings. The van der Waals surface area contributed by atoms with Gasteiger partial charge in [-0.25, -0.2) is 9.48 Å². The van der Waals surface area contributed by atoms with E-state index in [1.807, 2.05) is 86.8 Å². The van der Waals surface area contributed by atoms with Crippen LogP contribution in [0.1, 0.15) is 88.8 Å². The number of hydroxylamine groups is 1. The Bertz CT molecular complexity index is 2220. The number of hydrogen-bond acceptors (Lipinski definition) is 10. The lowest BCUT2D eigenvalue weighted by atomic mass is 9.85. The van der Waals surface area contributed by atoms with Gasteiger partial charge < -0.3 is 29.3 Å². The lowest BCUT2D eigenvalue weighted by Crippen LogP contribution is -2.43. The molecule has 15 heteroatoms. The molecular weight excluding hydrogens is 701 g/mol. The molecule has 0 unspecified atom stereocenters. The molecule has 1 saturated heterocycles. The Kier molecular flexibility index (Phi) is 10.6. The molecule has 2 amide bonds. The number of hydrogen-bond donors (Lipinski definition) is 1. The highest BCUT2D eigenvalue weighted by Gasteiger charge is 2.34. The third kappa shape index (κ3) is 7.93. The lowest BCUT2D eigenvalue weighted by molar-refractivity contribution is -0.129. The molecule has 3 atom stereocenters. The van der Waals surface area contributed by atoms with Crippen LogP contribution in [0.4, 0.5) is 16.6 Å². The first-order valence-corrected chi connectivity index (χ1v) is 19.0. The fraction of sp³-hybridized carbons (Fsp3) is 0.450. The van der Waals surface area contributed by atoms with E-state index in [0.717, 1.165) is 47.2 Å². The number of carbonyl (C=O) groups excluding carboxylic acids is 2. The van der Waals surface area contributed by atoms with Crippen LogP contribution in [0.3, 0.4) is 0 Å². The summed E-state index contributed by atoms with van der Waals surface area (Å²) in [7, 11) is 3.89. The van der Waals surface area contributed by atoms with Crippen LogP contribution in [-0.4, -0.2) is 79.6 Å². The third-order valence-electron chi connectivity index (χ3n) is 10.4. The predicted molar refractivity (Wildman–Crippen MR) is 209 cm³/mol. The minimum absolute atomic E-state index is 0.174. The van der Waals surface area contributed by atoms with Crippen molar-refractivity contribution in [3.8, 4) is 11.4 Å². The zero-order valence-corrected chi connectivity index (χ0v) is 32.4. The number of rotatable bonds is 11. The summed E-state index contributed by atoms with van der Waals surface area (Å²) in [6.07, 6.45) is 8.02. The molecular formula is C40H50N10O5. The molecule has 1 N–H and O–H groups in total. The van der Waals surface area contributed by atoms with Gasteiger partial charge in [-0.15, -0.1) is 15.3 Å². The first-order chi connectivity index (χ1) is 26.4. The van der Waals surface area contributed by atoms with Crippen LogP contribution in [-0.2, 0) is 21.6 Å². The van der Waals surface area contributed by atoms with Crippen LogP contribution >= 0.6 is 0 Å². The number of nitrogens with one attached hydrogen (secondary N) is 1. The van der Waals surface area contributed by atoms with E-state index >= 15 is 0 Å². The van der Waals surface area contributed by atoms with E-state index in [0.29, 0.717) is 49.1 Å². The van der Waals surface area contributed by atoms with Crippen molar-refractivity contribution in [2.45, 2.75) is 89.9 Å². The molecule has 0 bridgehead atoms. The van der Waals surface area contributed by atoms with E-state index in [2.05, 4.69) is 27.3 Å². The largest absolute Gasteiger partial charge is 0.484 e. The van der Waals surface area contributed by atoms with Gasteiger partial charge in [-0.1, -0.05) is 45.0 Å².